The van der Waals surface area contributed by atoms with Gasteiger partial charge in [0.05, 0.1) is 24.6 Å². The van der Waals surface area contributed by atoms with E-state index in [9.17, 15) is 5.11 Å². The maximum Gasteiger partial charge on any atom is 0.127 e. The number of hydrogen-bond donors (Lipinski definition) is 1. The van der Waals surface area contributed by atoms with Gasteiger partial charge in [0.25, 0.3) is 0 Å². The molecule has 1 aromatic carbocycles. The fraction of sp³-hybridized carbons (Fsp3) is 0.714. The van der Waals surface area contributed by atoms with Gasteiger partial charge in [0.2, 0.25) is 0 Å². The summed E-state index contributed by atoms with van der Waals surface area (Å²) in [6, 6.07) is 0. The van der Waals surface area contributed by atoms with Gasteiger partial charge in [-0.15, -0.1) is 0 Å². The standard InChI is InChI=1S/C21H35O2P.BrH/c1-8-24(9-2,10-3)14-13-21(7)12-11-18-17(6)19(22)15(4)16(5)20(18)23-21;/h8-14H2,1-7H3;1H. The quantitative estimate of drug-likeness (QED) is 0.703. The molecule has 0 saturated heterocycles. The number of fused-ring (bicyclic) bond motifs is 1. The lowest BCUT2D eigenvalue weighted by molar-refractivity contribution is -0.0000108. The van der Waals surface area contributed by atoms with Crippen molar-refractivity contribution in [3.8, 4) is 11.5 Å². The van der Waals surface area contributed by atoms with E-state index in [1.54, 1.807) is 0 Å². The molecule has 1 unspecified atom stereocenters. The van der Waals surface area contributed by atoms with E-state index in [-0.39, 0.29) is 22.6 Å². The van der Waals surface area contributed by atoms with Crippen molar-refractivity contribution in [2.45, 2.75) is 73.3 Å². The number of aromatic hydroxyl groups is 1. The summed E-state index contributed by atoms with van der Waals surface area (Å²) in [5.74, 6) is 1.50. The average Bonchev–Trinajstić information content (AvgIpc) is 2.60. The Hall–Kier alpha value is -0.270. The van der Waals surface area contributed by atoms with Gasteiger partial charge in [-0.1, -0.05) is 0 Å². The summed E-state index contributed by atoms with van der Waals surface area (Å²) < 4.78 is 6.60. The molecule has 1 aliphatic heterocycles. The Bertz CT molecular complexity index is 602. The smallest absolute Gasteiger partial charge is 0.127 e. The summed E-state index contributed by atoms with van der Waals surface area (Å²) in [5, 5.41) is 10.3. The summed E-state index contributed by atoms with van der Waals surface area (Å²) in [5.41, 5.74) is 4.25. The number of phenols is 1. The molecule has 1 heterocycles. The van der Waals surface area contributed by atoms with E-state index in [2.05, 4.69) is 34.6 Å². The molecule has 1 N–H and O–H groups in total. The van der Waals surface area contributed by atoms with Crippen molar-refractivity contribution in [1.82, 2.24) is 0 Å². The second-order valence-electron chi connectivity index (χ2n) is 7.85. The summed E-state index contributed by atoms with van der Waals surface area (Å²) in [4.78, 5) is 0. The predicted octanol–water partition coefficient (Wildman–Crippen LogP) is 2.87. The molecule has 1 atom stereocenters. The number of hydrogen-bond acceptors (Lipinski definition) is 2. The van der Waals surface area contributed by atoms with Crippen LogP contribution in [0.15, 0.2) is 0 Å². The monoisotopic (exact) mass is 430 g/mol. The first-order chi connectivity index (χ1) is 11.2. The highest BCUT2D eigenvalue weighted by molar-refractivity contribution is 7.75. The van der Waals surface area contributed by atoms with Crippen molar-refractivity contribution in [2.24, 2.45) is 0 Å². The third-order valence-electron chi connectivity index (χ3n) is 6.72. The van der Waals surface area contributed by atoms with E-state index in [4.69, 9.17) is 4.74 Å². The van der Waals surface area contributed by atoms with Gasteiger partial charge < -0.3 is 26.8 Å². The number of benzene rings is 1. The first kappa shape index (κ1) is 22.8. The molecule has 0 bridgehead atoms. The Labute approximate surface area is 165 Å². The lowest BCUT2D eigenvalue weighted by Crippen LogP contribution is -3.00. The van der Waals surface area contributed by atoms with E-state index >= 15 is 0 Å². The molecular weight excluding hydrogens is 395 g/mol. The Morgan fingerprint density at radius 2 is 1.56 bits per heavy atom. The van der Waals surface area contributed by atoms with Gasteiger partial charge in [0, 0.05) is 19.2 Å². The highest BCUT2D eigenvalue weighted by atomic mass is 79.9. The van der Waals surface area contributed by atoms with Crippen LogP contribution < -0.4 is 21.7 Å². The summed E-state index contributed by atoms with van der Waals surface area (Å²) in [6.07, 6.45) is 8.65. The van der Waals surface area contributed by atoms with Crippen molar-refractivity contribution in [3.05, 3.63) is 22.3 Å². The molecule has 25 heavy (non-hydrogen) atoms. The van der Waals surface area contributed by atoms with Crippen molar-refractivity contribution in [2.75, 3.05) is 24.6 Å². The van der Waals surface area contributed by atoms with Gasteiger partial charge in [-0.2, -0.15) is 0 Å². The summed E-state index contributed by atoms with van der Waals surface area (Å²) in [6.45, 7) is 15.5. The predicted molar refractivity (Wildman–Crippen MR) is 108 cm³/mol. The molecule has 0 fully saturated rings. The van der Waals surface area contributed by atoms with Gasteiger partial charge in [-0.25, -0.2) is 0 Å². The first-order valence-corrected chi connectivity index (χ1v) is 12.1. The minimum atomic E-state index is -0.791. The molecule has 2 rings (SSSR count). The van der Waals surface area contributed by atoms with E-state index in [1.165, 1.54) is 30.2 Å². The fourth-order valence-corrected chi connectivity index (χ4v) is 7.33. The highest BCUT2D eigenvalue weighted by Crippen LogP contribution is 2.59. The Balaban J connectivity index is 0.00000312. The second kappa shape index (κ2) is 8.61. The van der Waals surface area contributed by atoms with Gasteiger partial charge >= 0.3 is 0 Å². The molecule has 0 amide bonds. The van der Waals surface area contributed by atoms with Crippen molar-refractivity contribution in [1.29, 1.82) is 0 Å². The third-order valence-corrected chi connectivity index (χ3v) is 11.9. The van der Waals surface area contributed by atoms with Crippen LogP contribution in [0, 0.1) is 20.8 Å². The highest BCUT2D eigenvalue weighted by Gasteiger charge is 2.39. The van der Waals surface area contributed by atoms with Crippen molar-refractivity contribution >= 4 is 7.26 Å². The van der Waals surface area contributed by atoms with Crippen LogP contribution in [0.3, 0.4) is 0 Å². The van der Waals surface area contributed by atoms with Crippen LogP contribution in [0.25, 0.3) is 0 Å². The minimum Gasteiger partial charge on any atom is -1.00 e. The lowest BCUT2D eigenvalue weighted by Gasteiger charge is -2.39. The SMILES string of the molecule is CC[P+](CC)(CC)CCC1(C)CCc2c(C)c(O)c(C)c(C)c2O1.[Br-]. The molecule has 0 saturated carbocycles. The van der Waals surface area contributed by atoms with Gasteiger partial charge in [0.1, 0.15) is 17.1 Å². The van der Waals surface area contributed by atoms with Crippen LogP contribution >= 0.6 is 7.26 Å². The molecule has 2 nitrogen and oxygen atoms in total. The molecule has 0 radical (unpaired) electrons. The lowest BCUT2D eigenvalue weighted by atomic mass is 9.86. The van der Waals surface area contributed by atoms with Crippen LogP contribution in [0.5, 0.6) is 11.5 Å². The van der Waals surface area contributed by atoms with E-state index in [1.807, 2.05) is 13.8 Å². The Morgan fingerprint density at radius 1 is 1.00 bits per heavy atom. The van der Waals surface area contributed by atoms with Crippen LogP contribution in [0.2, 0.25) is 0 Å². The molecule has 4 heteroatoms. The zero-order valence-electron chi connectivity index (χ0n) is 17.1. The fourth-order valence-electron chi connectivity index (χ4n) is 4.09. The van der Waals surface area contributed by atoms with E-state index < -0.39 is 7.26 Å². The molecule has 0 aliphatic carbocycles. The molecule has 1 aliphatic rings. The maximum absolute atomic E-state index is 10.3. The van der Waals surface area contributed by atoms with Gasteiger partial charge in [0.15, 0.2) is 0 Å². The molecule has 144 valence electrons. The first-order valence-electron chi connectivity index (χ1n) is 9.58. The van der Waals surface area contributed by atoms with Crippen LogP contribution in [0.4, 0.5) is 0 Å². The van der Waals surface area contributed by atoms with E-state index in [0.717, 1.165) is 41.7 Å². The third kappa shape index (κ3) is 4.35. The number of phenolic OH excluding ortho intramolecular Hbond substituents is 1. The average molecular weight is 431 g/mol. The van der Waals surface area contributed by atoms with Crippen molar-refractivity contribution in [3.63, 3.8) is 0 Å². The zero-order chi connectivity index (χ0) is 18.1. The Morgan fingerprint density at radius 3 is 2.08 bits per heavy atom. The van der Waals surface area contributed by atoms with Gasteiger partial charge in [-0.3, -0.25) is 0 Å². The number of halogens is 1. The second-order valence-corrected chi connectivity index (χ2v) is 12.9. The van der Waals surface area contributed by atoms with Crippen LogP contribution in [0.1, 0.15) is 62.8 Å². The molecule has 0 spiro atoms. The van der Waals surface area contributed by atoms with Crippen molar-refractivity contribution < 1.29 is 26.8 Å². The summed E-state index contributed by atoms with van der Waals surface area (Å²) >= 11 is 0. The number of ether oxygens (including phenoxy) is 1. The maximum atomic E-state index is 10.3. The summed E-state index contributed by atoms with van der Waals surface area (Å²) in [7, 11) is -0.791. The van der Waals surface area contributed by atoms with Crippen LogP contribution in [-0.2, 0) is 6.42 Å². The normalized spacial score (nSPS) is 19.8. The molecular formula is C21H36BrO2P. The number of rotatable bonds is 6. The Kier molecular flexibility index (Phi) is 7.84. The van der Waals surface area contributed by atoms with Crippen LogP contribution in [-0.4, -0.2) is 35.4 Å². The molecule has 1 aromatic rings. The largest absolute Gasteiger partial charge is 1.00 e. The zero-order valence-corrected chi connectivity index (χ0v) is 19.6. The van der Waals surface area contributed by atoms with Gasteiger partial charge in [-0.05, 0) is 78.0 Å². The molecule has 0 aromatic heterocycles. The topological polar surface area (TPSA) is 29.5 Å². The van der Waals surface area contributed by atoms with E-state index in [0.29, 0.717) is 5.75 Å². The minimum absolute atomic E-state index is 0.